The number of likely N-dealkylation sites (N-methyl/N-ethyl adjacent to an activating group) is 1. The number of rotatable bonds is 10. The zero-order valence-electron chi connectivity index (χ0n) is 18.6. The molecule has 0 aromatic heterocycles. The number of nitrogens with zero attached hydrogens (tertiary/aromatic N) is 3. The Morgan fingerprint density at radius 2 is 2.03 bits per heavy atom. The Morgan fingerprint density at radius 3 is 2.69 bits per heavy atom. The Balaban J connectivity index is 0.00000420. The van der Waals surface area contributed by atoms with Gasteiger partial charge in [-0.15, -0.1) is 24.0 Å². The summed E-state index contributed by atoms with van der Waals surface area (Å²) in [4.78, 5) is 9.60. The molecule has 1 saturated heterocycles. The lowest BCUT2D eigenvalue weighted by atomic mass is 9.97. The number of halogens is 1. The summed E-state index contributed by atoms with van der Waals surface area (Å²) in [5.74, 6) is 0.941. The van der Waals surface area contributed by atoms with E-state index < -0.39 is 0 Å². The Morgan fingerprint density at radius 1 is 1.28 bits per heavy atom. The number of guanidine groups is 1. The van der Waals surface area contributed by atoms with Gasteiger partial charge in [0.15, 0.2) is 5.96 Å². The van der Waals surface area contributed by atoms with Crippen LogP contribution in [-0.4, -0.2) is 81.3 Å². The minimum Gasteiger partial charge on any atom is -0.383 e. The molecule has 1 heterocycles. The van der Waals surface area contributed by atoms with Gasteiger partial charge in [0.2, 0.25) is 0 Å². The first-order valence-electron chi connectivity index (χ1n) is 10.6. The predicted octanol–water partition coefficient (Wildman–Crippen LogP) is 2.79. The predicted molar refractivity (Wildman–Crippen MR) is 133 cm³/mol. The molecular weight excluding hydrogens is 477 g/mol. The van der Waals surface area contributed by atoms with E-state index in [2.05, 4.69) is 71.7 Å². The lowest BCUT2D eigenvalue weighted by Crippen LogP contribution is -2.51. The van der Waals surface area contributed by atoms with Gasteiger partial charge in [-0.05, 0) is 39.3 Å². The highest BCUT2D eigenvalue weighted by molar-refractivity contribution is 14.0. The van der Waals surface area contributed by atoms with Crippen molar-refractivity contribution >= 4 is 29.9 Å². The molecule has 0 radical (unpaired) electrons. The molecule has 0 bridgehead atoms. The number of aliphatic imine (C=N–C) groups is 1. The van der Waals surface area contributed by atoms with Crippen molar-refractivity contribution in [3.05, 3.63) is 35.9 Å². The highest BCUT2D eigenvalue weighted by Crippen LogP contribution is 2.19. The SMILES string of the molecule is CCNC(=NCCN(C)CCOC)NC1CCN(Cc2ccccc2)C(C)C1.I. The molecule has 1 aromatic carbocycles. The minimum atomic E-state index is 0. The quantitative estimate of drug-likeness (QED) is 0.284. The van der Waals surface area contributed by atoms with Gasteiger partial charge in [0.05, 0.1) is 13.2 Å². The van der Waals surface area contributed by atoms with Gasteiger partial charge in [0.25, 0.3) is 0 Å². The Kier molecular flexibility index (Phi) is 13.5. The van der Waals surface area contributed by atoms with E-state index in [9.17, 15) is 0 Å². The second kappa shape index (κ2) is 15.0. The van der Waals surface area contributed by atoms with Crippen LogP contribution in [0.3, 0.4) is 0 Å². The smallest absolute Gasteiger partial charge is 0.191 e. The lowest BCUT2D eigenvalue weighted by molar-refractivity contribution is 0.134. The van der Waals surface area contributed by atoms with Crippen molar-refractivity contribution in [2.24, 2.45) is 4.99 Å². The molecule has 29 heavy (non-hydrogen) atoms. The van der Waals surface area contributed by atoms with E-state index in [1.807, 2.05) is 0 Å². The van der Waals surface area contributed by atoms with E-state index in [1.54, 1.807) is 7.11 Å². The van der Waals surface area contributed by atoms with E-state index >= 15 is 0 Å². The topological polar surface area (TPSA) is 52.1 Å². The number of benzene rings is 1. The first kappa shape index (κ1) is 26.1. The van der Waals surface area contributed by atoms with Crippen LogP contribution in [0, 0.1) is 0 Å². The Labute approximate surface area is 194 Å². The van der Waals surface area contributed by atoms with Crippen LogP contribution >= 0.6 is 24.0 Å². The fourth-order valence-corrected chi connectivity index (χ4v) is 3.61. The van der Waals surface area contributed by atoms with Gasteiger partial charge in [0.1, 0.15) is 0 Å². The maximum atomic E-state index is 5.13. The van der Waals surface area contributed by atoms with Crippen LogP contribution in [0.2, 0.25) is 0 Å². The standard InChI is InChI=1S/C22H39N5O.HI/c1-5-23-22(24-12-14-26(3)15-16-28-4)25-21-11-13-27(19(2)17-21)18-20-9-7-6-8-10-20;/h6-10,19,21H,5,11-18H2,1-4H3,(H2,23,24,25);1H. The van der Waals surface area contributed by atoms with E-state index in [-0.39, 0.29) is 24.0 Å². The summed E-state index contributed by atoms with van der Waals surface area (Å²) in [6.45, 7) is 10.9. The first-order chi connectivity index (χ1) is 13.6. The van der Waals surface area contributed by atoms with Gasteiger partial charge in [-0.1, -0.05) is 30.3 Å². The van der Waals surface area contributed by atoms with E-state index in [0.717, 1.165) is 64.7 Å². The molecule has 2 rings (SSSR count). The van der Waals surface area contributed by atoms with Crippen LogP contribution < -0.4 is 10.6 Å². The zero-order valence-corrected chi connectivity index (χ0v) is 20.9. The van der Waals surface area contributed by atoms with Crippen LogP contribution in [0.1, 0.15) is 32.3 Å². The maximum Gasteiger partial charge on any atom is 0.191 e. The third-order valence-electron chi connectivity index (χ3n) is 5.36. The number of ether oxygens (including phenoxy) is 1. The third kappa shape index (κ3) is 10.1. The van der Waals surface area contributed by atoms with E-state index in [0.29, 0.717) is 12.1 Å². The van der Waals surface area contributed by atoms with Crippen LogP contribution in [0.15, 0.2) is 35.3 Å². The van der Waals surface area contributed by atoms with Crippen LogP contribution in [-0.2, 0) is 11.3 Å². The highest BCUT2D eigenvalue weighted by atomic mass is 127. The largest absolute Gasteiger partial charge is 0.383 e. The van der Waals surface area contributed by atoms with Crippen molar-refractivity contribution in [2.75, 3.05) is 53.5 Å². The molecule has 2 unspecified atom stereocenters. The molecular formula is C22H40IN5O. The number of methoxy groups -OCH3 is 1. The number of hydrogen-bond donors (Lipinski definition) is 2. The van der Waals surface area contributed by atoms with Crippen molar-refractivity contribution in [3.8, 4) is 0 Å². The normalized spacial score (nSPS) is 20.4. The fourth-order valence-electron chi connectivity index (χ4n) is 3.61. The van der Waals surface area contributed by atoms with Gasteiger partial charge >= 0.3 is 0 Å². The fraction of sp³-hybridized carbons (Fsp3) is 0.682. The maximum absolute atomic E-state index is 5.13. The molecule has 0 aliphatic carbocycles. The van der Waals surface area contributed by atoms with Gasteiger partial charge in [-0.3, -0.25) is 9.89 Å². The van der Waals surface area contributed by atoms with Gasteiger partial charge in [0, 0.05) is 51.9 Å². The summed E-state index contributed by atoms with van der Waals surface area (Å²) < 4.78 is 5.13. The van der Waals surface area contributed by atoms with Gasteiger partial charge in [-0.25, -0.2) is 0 Å². The van der Waals surface area contributed by atoms with Crippen LogP contribution in [0.25, 0.3) is 0 Å². The molecule has 166 valence electrons. The molecule has 7 heteroatoms. The molecule has 0 spiro atoms. The summed E-state index contributed by atoms with van der Waals surface area (Å²) in [6, 6.07) is 11.8. The monoisotopic (exact) mass is 517 g/mol. The van der Waals surface area contributed by atoms with Gasteiger partial charge in [-0.2, -0.15) is 0 Å². The minimum absolute atomic E-state index is 0. The molecule has 0 amide bonds. The van der Waals surface area contributed by atoms with E-state index in [1.165, 1.54) is 5.56 Å². The first-order valence-corrected chi connectivity index (χ1v) is 10.6. The molecule has 1 aliphatic rings. The Bertz CT molecular complexity index is 572. The summed E-state index contributed by atoms with van der Waals surface area (Å²) in [7, 11) is 3.85. The van der Waals surface area contributed by atoms with Crippen molar-refractivity contribution in [2.45, 2.75) is 45.3 Å². The number of piperidine rings is 1. The van der Waals surface area contributed by atoms with Crippen LogP contribution in [0.5, 0.6) is 0 Å². The second-order valence-electron chi connectivity index (χ2n) is 7.73. The average molecular weight is 518 g/mol. The summed E-state index contributed by atoms with van der Waals surface area (Å²) >= 11 is 0. The van der Waals surface area contributed by atoms with Crippen molar-refractivity contribution in [1.82, 2.24) is 20.4 Å². The van der Waals surface area contributed by atoms with Crippen molar-refractivity contribution in [1.29, 1.82) is 0 Å². The lowest BCUT2D eigenvalue weighted by Gasteiger charge is -2.38. The Hall–Kier alpha value is -0.900. The molecule has 1 aromatic rings. The highest BCUT2D eigenvalue weighted by Gasteiger charge is 2.25. The van der Waals surface area contributed by atoms with Crippen molar-refractivity contribution in [3.63, 3.8) is 0 Å². The molecule has 1 aliphatic heterocycles. The second-order valence-corrected chi connectivity index (χ2v) is 7.73. The molecule has 6 nitrogen and oxygen atoms in total. The molecule has 2 N–H and O–H groups in total. The van der Waals surface area contributed by atoms with Crippen LogP contribution in [0.4, 0.5) is 0 Å². The number of hydrogen-bond acceptors (Lipinski definition) is 4. The third-order valence-corrected chi connectivity index (χ3v) is 5.36. The molecule has 2 atom stereocenters. The summed E-state index contributed by atoms with van der Waals surface area (Å²) in [5, 5.41) is 7.05. The van der Waals surface area contributed by atoms with Crippen molar-refractivity contribution < 1.29 is 4.74 Å². The van der Waals surface area contributed by atoms with Gasteiger partial charge < -0.3 is 20.3 Å². The summed E-state index contributed by atoms with van der Waals surface area (Å²) in [6.07, 6.45) is 2.29. The summed E-state index contributed by atoms with van der Waals surface area (Å²) in [5.41, 5.74) is 1.40. The zero-order chi connectivity index (χ0) is 20.2. The molecule has 0 saturated carbocycles. The average Bonchev–Trinajstić information content (AvgIpc) is 2.69. The van der Waals surface area contributed by atoms with E-state index in [4.69, 9.17) is 9.73 Å². The number of likely N-dealkylation sites (tertiary alicyclic amines) is 1. The number of nitrogens with one attached hydrogen (secondary N) is 2. The molecule has 1 fully saturated rings.